The van der Waals surface area contributed by atoms with E-state index in [1.165, 1.54) is 18.5 Å². The molecule has 1 heterocycles. The number of carbonyl (C=O) groups is 1. The van der Waals surface area contributed by atoms with Gasteiger partial charge in [-0.3, -0.25) is 4.79 Å². The molecule has 0 saturated heterocycles. The van der Waals surface area contributed by atoms with E-state index >= 15 is 0 Å². The maximum Gasteiger partial charge on any atom is 0.230 e. The Labute approximate surface area is 120 Å². The summed E-state index contributed by atoms with van der Waals surface area (Å²) in [6.45, 7) is 1.94. The van der Waals surface area contributed by atoms with Crippen molar-refractivity contribution in [3.05, 3.63) is 59.7 Å². The maximum atomic E-state index is 13.9. The van der Waals surface area contributed by atoms with E-state index in [1.807, 2.05) is 25.1 Å². The van der Waals surface area contributed by atoms with Crippen LogP contribution in [0.4, 0.5) is 4.39 Å². The smallest absolute Gasteiger partial charge is 0.230 e. The third-order valence-corrected chi connectivity index (χ3v) is 3.05. The molecule has 0 unspecified atom stereocenters. The maximum absolute atomic E-state index is 13.9. The second-order valence-corrected chi connectivity index (χ2v) is 4.61. The van der Waals surface area contributed by atoms with Crippen molar-refractivity contribution in [1.82, 2.24) is 9.97 Å². The van der Waals surface area contributed by atoms with Crippen LogP contribution in [0.1, 0.15) is 15.9 Å². The zero-order valence-electron chi connectivity index (χ0n) is 11.2. The van der Waals surface area contributed by atoms with Gasteiger partial charge in [0.25, 0.3) is 0 Å². The van der Waals surface area contributed by atoms with E-state index in [1.54, 1.807) is 0 Å². The average molecular weight is 282 g/mol. The van der Waals surface area contributed by atoms with Gasteiger partial charge in [0.2, 0.25) is 5.88 Å². The minimum atomic E-state index is -0.612. The fourth-order valence-corrected chi connectivity index (χ4v) is 2.01. The monoisotopic (exact) mass is 282 g/mol. The van der Waals surface area contributed by atoms with E-state index in [2.05, 4.69) is 9.97 Å². The summed E-state index contributed by atoms with van der Waals surface area (Å²) in [7, 11) is 0. The number of carbonyl (C=O) groups excluding carboxylic acids is 1. The highest BCUT2D eigenvalue weighted by atomic mass is 19.1. The highest BCUT2D eigenvalue weighted by Gasteiger charge is 2.10. The molecule has 0 spiro atoms. The first-order valence-electron chi connectivity index (χ1n) is 6.31. The van der Waals surface area contributed by atoms with Crippen molar-refractivity contribution in [3.63, 3.8) is 0 Å². The minimum absolute atomic E-state index is 0.0158. The lowest BCUT2D eigenvalue weighted by atomic mass is 10.1. The number of benzene rings is 2. The number of aryl methyl sites for hydroxylation is 1. The van der Waals surface area contributed by atoms with Crippen molar-refractivity contribution in [3.8, 4) is 11.6 Å². The van der Waals surface area contributed by atoms with Gasteiger partial charge in [-0.1, -0.05) is 11.6 Å². The van der Waals surface area contributed by atoms with Gasteiger partial charge in [-0.25, -0.2) is 14.4 Å². The fourth-order valence-electron chi connectivity index (χ4n) is 2.01. The summed E-state index contributed by atoms with van der Waals surface area (Å²) in [6, 6.07) is 9.67. The molecule has 0 bridgehead atoms. The van der Waals surface area contributed by atoms with Crippen molar-refractivity contribution >= 4 is 17.2 Å². The standard InChI is InChI=1S/C16H11FN2O2/c1-10-2-4-14-12(6-10)16(19-9-18-14)21-15-5-3-11(8-20)7-13(15)17/h2-9H,1H3. The fraction of sp³-hybridized carbons (Fsp3) is 0.0625. The zero-order chi connectivity index (χ0) is 14.8. The molecule has 21 heavy (non-hydrogen) atoms. The van der Waals surface area contributed by atoms with Crippen molar-refractivity contribution in [2.45, 2.75) is 6.92 Å². The van der Waals surface area contributed by atoms with Crippen LogP contribution in [-0.2, 0) is 0 Å². The number of ether oxygens (including phenoxy) is 1. The van der Waals surface area contributed by atoms with Crippen molar-refractivity contribution in [1.29, 1.82) is 0 Å². The highest BCUT2D eigenvalue weighted by Crippen LogP contribution is 2.29. The Morgan fingerprint density at radius 3 is 2.76 bits per heavy atom. The lowest BCUT2D eigenvalue weighted by Gasteiger charge is -2.08. The molecule has 0 aliphatic heterocycles. The summed E-state index contributed by atoms with van der Waals surface area (Å²) in [5.74, 6) is -0.317. The minimum Gasteiger partial charge on any atom is -0.435 e. The van der Waals surface area contributed by atoms with Crippen LogP contribution < -0.4 is 4.74 Å². The molecule has 1 aromatic heterocycles. The Balaban J connectivity index is 2.05. The Morgan fingerprint density at radius 2 is 2.00 bits per heavy atom. The normalized spacial score (nSPS) is 10.6. The van der Waals surface area contributed by atoms with Gasteiger partial charge in [-0.05, 0) is 37.3 Å². The molecular weight excluding hydrogens is 271 g/mol. The molecule has 0 saturated carbocycles. The molecule has 0 N–H and O–H groups in total. The lowest BCUT2D eigenvalue weighted by Crippen LogP contribution is -1.94. The van der Waals surface area contributed by atoms with Crippen LogP contribution in [0.3, 0.4) is 0 Å². The third kappa shape index (κ3) is 2.58. The van der Waals surface area contributed by atoms with Crippen LogP contribution in [-0.4, -0.2) is 16.3 Å². The Kier molecular flexibility index (Phi) is 3.31. The van der Waals surface area contributed by atoms with Crippen LogP contribution in [0.15, 0.2) is 42.7 Å². The number of fused-ring (bicyclic) bond motifs is 1. The first-order valence-corrected chi connectivity index (χ1v) is 6.31. The molecule has 5 heteroatoms. The van der Waals surface area contributed by atoms with Gasteiger partial charge in [0.1, 0.15) is 12.6 Å². The first kappa shape index (κ1) is 13.2. The second-order valence-electron chi connectivity index (χ2n) is 4.61. The van der Waals surface area contributed by atoms with E-state index in [9.17, 15) is 9.18 Å². The van der Waals surface area contributed by atoms with Gasteiger partial charge in [0, 0.05) is 5.56 Å². The van der Waals surface area contributed by atoms with Gasteiger partial charge >= 0.3 is 0 Å². The van der Waals surface area contributed by atoms with Crippen molar-refractivity contribution in [2.75, 3.05) is 0 Å². The summed E-state index contributed by atoms with van der Waals surface area (Å²) in [5, 5.41) is 0.705. The molecule has 0 amide bonds. The van der Waals surface area contributed by atoms with E-state index in [-0.39, 0.29) is 17.2 Å². The van der Waals surface area contributed by atoms with E-state index in [0.29, 0.717) is 11.7 Å². The third-order valence-electron chi connectivity index (χ3n) is 3.05. The second kappa shape index (κ2) is 5.28. The number of hydrogen-bond acceptors (Lipinski definition) is 4. The Hall–Kier alpha value is -2.82. The SMILES string of the molecule is Cc1ccc2ncnc(Oc3ccc(C=O)cc3F)c2c1. The summed E-state index contributed by atoms with van der Waals surface area (Å²) in [5.41, 5.74) is 2.00. The molecule has 2 aromatic carbocycles. The quantitative estimate of drug-likeness (QED) is 0.688. The Bertz CT molecular complexity index is 834. The van der Waals surface area contributed by atoms with Crippen LogP contribution in [0.5, 0.6) is 11.6 Å². The molecule has 0 aliphatic carbocycles. The molecule has 0 fully saturated rings. The predicted molar refractivity (Wildman–Crippen MR) is 76.1 cm³/mol. The predicted octanol–water partition coefficient (Wildman–Crippen LogP) is 3.68. The Morgan fingerprint density at radius 1 is 1.14 bits per heavy atom. The average Bonchev–Trinajstić information content (AvgIpc) is 2.49. The number of aromatic nitrogens is 2. The van der Waals surface area contributed by atoms with E-state index in [0.717, 1.165) is 17.1 Å². The van der Waals surface area contributed by atoms with Crippen molar-refractivity contribution in [2.24, 2.45) is 0 Å². The summed E-state index contributed by atoms with van der Waals surface area (Å²) in [6.07, 6.45) is 1.95. The van der Waals surface area contributed by atoms with Gasteiger partial charge in [0.05, 0.1) is 10.9 Å². The number of hydrogen-bond donors (Lipinski definition) is 0. The molecular formula is C16H11FN2O2. The van der Waals surface area contributed by atoms with E-state index in [4.69, 9.17) is 4.74 Å². The summed E-state index contributed by atoms with van der Waals surface area (Å²) in [4.78, 5) is 18.8. The topological polar surface area (TPSA) is 52.1 Å². The first-order chi connectivity index (χ1) is 10.2. The van der Waals surface area contributed by atoms with Crippen molar-refractivity contribution < 1.29 is 13.9 Å². The number of halogens is 1. The number of rotatable bonds is 3. The molecule has 0 atom stereocenters. The number of nitrogens with zero attached hydrogens (tertiary/aromatic N) is 2. The summed E-state index contributed by atoms with van der Waals surface area (Å²) >= 11 is 0. The summed E-state index contributed by atoms with van der Waals surface area (Å²) < 4.78 is 19.4. The zero-order valence-corrected chi connectivity index (χ0v) is 11.2. The van der Waals surface area contributed by atoms with Crippen LogP contribution in [0.25, 0.3) is 10.9 Å². The van der Waals surface area contributed by atoms with Gasteiger partial charge < -0.3 is 4.74 Å². The molecule has 3 rings (SSSR count). The largest absolute Gasteiger partial charge is 0.435 e. The molecule has 0 radical (unpaired) electrons. The van der Waals surface area contributed by atoms with Crippen LogP contribution in [0, 0.1) is 12.7 Å². The highest BCUT2D eigenvalue weighted by molar-refractivity contribution is 5.84. The molecule has 3 aromatic rings. The van der Waals surface area contributed by atoms with Crippen LogP contribution in [0.2, 0.25) is 0 Å². The van der Waals surface area contributed by atoms with E-state index < -0.39 is 5.82 Å². The molecule has 4 nitrogen and oxygen atoms in total. The van der Waals surface area contributed by atoms with Gasteiger partial charge in [-0.15, -0.1) is 0 Å². The van der Waals surface area contributed by atoms with Gasteiger partial charge in [0.15, 0.2) is 11.6 Å². The number of aldehydes is 1. The van der Waals surface area contributed by atoms with Gasteiger partial charge in [-0.2, -0.15) is 0 Å². The lowest BCUT2D eigenvalue weighted by molar-refractivity contribution is 0.112. The molecule has 0 aliphatic rings. The molecule has 104 valence electrons. The van der Waals surface area contributed by atoms with Crippen LogP contribution >= 0.6 is 0 Å².